The molecular formula is C22H25NO3. The molecule has 2 aromatic carbocycles. The van der Waals surface area contributed by atoms with Crippen molar-refractivity contribution in [3.8, 4) is 5.75 Å². The number of ether oxygens (including phenoxy) is 1. The van der Waals surface area contributed by atoms with Crippen LogP contribution in [0, 0.1) is 11.3 Å². The highest BCUT2D eigenvalue weighted by molar-refractivity contribution is 5.99. The summed E-state index contributed by atoms with van der Waals surface area (Å²) in [7, 11) is 1.66. The zero-order chi connectivity index (χ0) is 18.3. The molecule has 2 saturated carbocycles. The van der Waals surface area contributed by atoms with Crippen molar-refractivity contribution < 1.29 is 14.3 Å². The maximum absolute atomic E-state index is 13.0. The number of nitrogens with zero attached hydrogens (tertiary/aromatic N) is 1. The average Bonchev–Trinajstić information content (AvgIpc) is 3.53. The number of hydrogen-bond donors (Lipinski definition) is 0. The van der Waals surface area contributed by atoms with E-state index in [0.717, 1.165) is 47.8 Å². The Bertz CT molecular complexity index is 865. The van der Waals surface area contributed by atoms with Crippen LogP contribution in [0.3, 0.4) is 0 Å². The summed E-state index contributed by atoms with van der Waals surface area (Å²) in [5.74, 6) is 1.25. The van der Waals surface area contributed by atoms with E-state index in [4.69, 9.17) is 4.74 Å². The first kappa shape index (κ1) is 17.1. The normalized spacial score (nSPS) is 17.8. The third kappa shape index (κ3) is 2.98. The van der Waals surface area contributed by atoms with E-state index in [9.17, 15) is 9.59 Å². The fraction of sp³-hybridized carbons (Fsp3) is 0.455. The summed E-state index contributed by atoms with van der Waals surface area (Å²) in [6.45, 7) is 1.95. The van der Waals surface area contributed by atoms with E-state index in [-0.39, 0.29) is 17.2 Å². The first-order valence-corrected chi connectivity index (χ1v) is 9.43. The monoisotopic (exact) mass is 351 g/mol. The van der Waals surface area contributed by atoms with Gasteiger partial charge in [0.2, 0.25) is 11.8 Å². The molecule has 0 saturated heterocycles. The number of methoxy groups -OCH3 is 1. The first-order valence-electron chi connectivity index (χ1n) is 9.43. The minimum atomic E-state index is -0.215. The molecule has 0 atom stereocenters. The van der Waals surface area contributed by atoms with E-state index >= 15 is 0 Å². The molecule has 0 radical (unpaired) electrons. The molecule has 0 unspecified atom stereocenters. The maximum atomic E-state index is 13.0. The second kappa shape index (κ2) is 6.42. The zero-order valence-electron chi connectivity index (χ0n) is 15.5. The number of rotatable bonds is 6. The maximum Gasteiger partial charge on any atom is 0.235 e. The van der Waals surface area contributed by atoms with Crippen LogP contribution in [0.25, 0.3) is 10.8 Å². The molecule has 0 bridgehead atoms. The Labute approximate surface area is 154 Å². The van der Waals surface area contributed by atoms with Crippen molar-refractivity contribution in [3.63, 3.8) is 0 Å². The summed E-state index contributed by atoms with van der Waals surface area (Å²) in [5.41, 5.74) is 0.921. The molecule has 2 fully saturated rings. The molecule has 0 aromatic heterocycles. The summed E-state index contributed by atoms with van der Waals surface area (Å²) < 4.78 is 5.35. The molecule has 2 aliphatic carbocycles. The van der Waals surface area contributed by atoms with Crippen LogP contribution >= 0.6 is 0 Å². The van der Waals surface area contributed by atoms with Crippen LogP contribution in [-0.4, -0.2) is 30.4 Å². The first-order chi connectivity index (χ1) is 12.5. The fourth-order valence-electron chi connectivity index (χ4n) is 4.13. The predicted octanol–water partition coefficient (Wildman–Crippen LogP) is 3.96. The van der Waals surface area contributed by atoms with Crippen molar-refractivity contribution >= 4 is 22.6 Å². The van der Waals surface area contributed by atoms with Gasteiger partial charge in [0, 0.05) is 13.5 Å². The van der Waals surface area contributed by atoms with E-state index in [1.54, 1.807) is 7.11 Å². The van der Waals surface area contributed by atoms with Gasteiger partial charge in [-0.15, -0.1) is 0 Å². The third-order valence-corrected chi connectivity index (χ3v) is 5.98. The molecule has 0 N–H and O–H groups in total. The minimum absolute atomic E-state index is 0.0605. The van der Waals surface area contributed by atoms with Crippen LogP contribution in [0.2, 0.25) is 0 Å². The van der Waals surface area contributed by atoms with Gasteiger partial charge in [0.25, 0.3) is 0 Å². The highest BCUT2D eigenvalue weighted by Crippen LogP contribution is 2.62. The summed E-state index contributed by atoms with van der Waals surface area (Å²) in [5, 5.41) is 2.26. The standard InChI is InChI=1S/C22H25NO3/c1-15(24)23(21(25)22(11-12-22)18-7-8-18)13-10-17-5-3-4-16-6-9-19(26-2)14-20(16)17/h3-6,9,14,18H,7-8,10-13H2,1-2H3. The van der Waals surface area contributed by atoms with Gasteiger partial charge in [0.05, 0.1) is 12.5 Å². The molecule has 4 nitrogen and oxygen atoms in total. The van der Waals surface area contributed by atoms with Gasteiger partial charge in [0.15, 0.2) is 0 Å². The topological polar surface area (TPSA) is 46.6 Å². The zero-order valence-corrected chi connectivity index (χ0v) is 15.5. The lowest BCUT2D eigenvalue weighted by atomic mass is 9.97. The highest BCUT2D eigenvalue weighted by Gasteiger charge is 2.60. The van der Waals surface area contributed by atoms with Gasteiger partial charge in [-0.25, -0.2) is 0 Å². The number of amides is 2. The lowest BCUT2D eigenvalue weighted by Crippen LogP contribution is -2.42. The Hall–Kier alpha value is -2.36. The minimum Gasteiger partial charge on any atom is -0.497 e. The van der Waals surface area contributed by atoms with E-state index < -0.39 is 0 Å². The average molecular weight is 351 g/mol. The second-order valence-corrected chi connectivity index (χ2v) is 7.66. The molecular weight excluding hydrogens is 326 g/mol. The Morgan fingerprint density at radius 3 is 2.58 bits per heavy atom. The molecule has 4 heteroatoms. The molecule has 0 heterocycles. The third-order valence-electron chi connectivity index (χ3n) is 5.98. The summed E-state index contributed by atoms with van der Waals surface area (Å²) in [6, 6.07) is 12.2. The van der Waals surface area contributed by atoms with Gasteiger partial charge in [0.1, 0.15) is 5.75 Å². The summed E-state index contributed by atoms with van der Waals surface area (Å²) in [6.07, 6.45) is 4.84. The fourth-order valence-corrected chi connectivity index (χ4v) is 4.13. The molecule has 136 valence electrons. The van der Waals surface area contributed by atoms with Crippen LogP contribution < -0.4 is 4.74 Å². The number of carbonyl (C=O) groups excluding carboxylic acids is 2. The van der Waals surface area contributed by atoms with Gasteiger partial charge >= 0.3 is 0 Å². The molecule has 2 aliphatic rings. The van der Waals surface area contributed by atoms with Crippen LogP contribution in [0.5, 0.6) is 5.75 Å². The van der Waals surface area contributed by atoms with Crippen LogP contribution in [-0.2, 0) is 16.0 Å². The molecule has 2 amide bonds. The Morgan fingerprint density at radius 1 is 1.19 bits per heavy atom. The van der Waals surface area contributed by atoms with Gasteiger partial charge in [-0.05, 0) is 66.5 Å². The van der Waals surface area contributed by atoms with Crippen molar-refractivity contribution in [2.24, 2.45) is 11.3 Å². The van der Waals surface area contributed by atoms with Gasteiger partial charge in [-0.3, -0.25) is 14.5 Å². The summed E-state index contributed by atoms with van der Waals surface area (Å²) >= 11 is 0. The van der Waals surface area contributed by atoms with Gasteiger partial charge in [-0.1, -0.05) is 24.3 Å². The number of imide groups is 1. The number of benzene rings is 2. The summed E-state index contributed by atoms with van der Waals surface area (Å²) in [4.78, 5) is 26.7. The van der Waals surface area contributed by atoms with Crippen molar-refractivity contribution in [1.82, 2.24) is 4.90 Å². The lowest BCUT2D eigenvalue weighted by Gasteiger charge is -2.25. The van der Waals surface area contributed by atoms with Crippen LogP contribution in [0.1, 0.15) is 38.2 Å². The van der Waals surface area contributed by atoms with Crippen molar-refractivity contribution in [2.75, 3.05) is 13.7 Å². The Kier molecular flexibility index (Phi) is 4.22. The van der Waals surface area contributed by atoms with Crippen molar-refractivity contribution in [1.29, 1.82) is 0 Å². The molecule has 0 aliphatic heterocycles. The van der Waals surface area contributed by atoms with E-state index in [0.29, 0.717) is 18.9 Å². The quantitative estimate of drug-likeness (QED) is 0.791. The number of carbonyl (C=O) groups is 2. The number of hydrogen-bond acceptors (Lipinski definition) is 3. The SMILES string of the molecule is COc1ccc2cccc(CCN(C(C)=O)C(=O)C3(C4CC4)CC3)c2c1. The number of fused-ring (bicyclic) bond motifs is 1. The largest absolute Gasteiger partial charge is 0.497 e. The van der Waals surface area contributed by atoms with E-state index in [1.807, 2.05) is 24.3 Å². The van der Waals surface area contributed by atoms with E-state index in [1.165, 1.54) is 11.8 Å². The van der Waals surface area contributed by atoms with Gasteiger partial charge in [-0.2, -0.15) is 0 Å². The molecule has 2 aromatic rings. The Morgan fingerprint density at radius 2 is 1.96 bits per heavy atom. The van der Waals surface area contributed by atoms with Crippen LogP contribution in [0.4, 0.5) is 0 Å². The highest BCUT2D eigenvalue weighted by atomic mass is 16.5. The van der Waals surface area contributed by atoms with E-state index in [2.05, 4.69) is 12.1 Å². The smallest absolute Gasteiger partial charge is 0.235 e. The van der Waals surface area contributed by atoms with Crippen LogP contribution in [0.15, 0.2) is 36.4 Å². The van der Waals surface area contributed by atoms with Crippen molar-refractivity contribution in [2.45, 2.75) is 39.0 Å². The second-order valence-electron chi connectivity index (χ2n) is 7.66. The molecule has 26 heavy (non-hydrogen) atoms. The Balaban J connectivity index is 1.56. The molecule has 0 spiro atoms. The molecule has 4 rings (SSSR count). The van der Waals surface area contributed by atoms with Gasteiger partial charge < -0.3 is 4.74 Å². The lowest BCUT2D eigenvalue weighted by molar-refractivity contribution is -0.147. The van der Waals surface area contributed by atoms with Crippen molar-refractivity contribution in [3.05, 3.63) is 42.0 Å². The predicted molar refractivity (Wildman–Crippen MR) is 101 cm³/mol.